The topological polar surface area (TPSA) is 65.3 Å². The molecule has 30 heavy (non-hydrogen) atoms. The number of hydrogen-bond donors (Lipinski definition) is 1. The lowest BCUT2D eigenvalue weighted by Crippen LogP contribution is -2.30. The molecule has 4 aromatic rings. The van der Waals surface area contributed by atoms with Crippen molar-refractivity contribution < 1.29 is 9.53 Å². The van der Waals surface area contributed by atoms with E-state index in [0.29, 0.717) is 47.6 Å². The normalized spacial score (nSPS) is 11.3. The van der Waals surface area contributed by atoms with Crippen molar-refractivity contribution in [3.8, 4) is 0 Å². The fraction of sp³-hybridized carbons (Fsp3) is 0.217. The Morgan fingerprint density at radius 3 is 2.67 bits per heavy atom. The van der Waals surface area contributed by atoms with E-state index in [9.17, 15) is 9.59 Å². The number of nitrogens with one attached hydrogen (secondary N) is 1. The van der Waals surface area contributed by atoms with Gasteiger partial charge in [0.25, 0.3) is 11.5 Å². The molecule has 0 saturated carbocycles. The summed E-state index contributed by atoms with van der Waals surface area (Å²) in [5.41, 5.74) is 1.37. The molecule has 1 N–H and O–H groups in total. The van der Waals surface area contributed by atoms with E-state index in [1.165, 1.54) is 4.57 Å². The summed E-state index contributed by atoms with van der Waals surface area (Å²) in [7, 11) is 1.58. The summed E-state index contributed by atoms with van der Waals surface area (Å²) in [6, 6.07) is 14.9. The summed E-state index contributed by atoms with van der Waals surface area (Å²) in [4.78, 5) is 25.6. The summed E-state index contributed by atoms with van der Waals surface area (Å²) >= 11 is 6.11. The molecule has 0 radical (unpaired) electrons. The minimum absolute atomic E-state index is 0.130. The van der Waals surface area contributed by atoms with E-state index in [-0.39, 0.29) is 11.5 Å². The van der Waals surface area contributed by atoms with Crippen molar-refractivity contribution in [2.24, 2.45) is 0 Å². The van der Waals surface area contributed by atoms with Gasteiger partial charge in [0.1, 0.15) is 0 Å². The molecular weight excluding hydrogens is 402 g/mol. The average Bonchev–Trinajstić information content (AvgIpc) is 3.15. The number of pyridine rings is 1. The highest BCUT2D eigenvalue weighted by atomic mass is 35.5. The summed E-state index contributed by atoms with van der Waals surface area (Å²) in [6.45, 7) is 1.83. The molecule has 6 nitrogen and oxygen atoms in total. The molecule has 1 amide bonds. The maximum atomic E-state index is 13.0. The van der Waals surface area contributed by atoms with Crippen LogP contribution in [0.3, 0.4) is 0 Å². The van der Waals surface area contributed by atoms with Crippen LogP contribution in [0.4, 0.5) is 0 Å². The van der Waals surface area contributed by atoms with Gasteiger partial charge in [-0.2, -0.15) is 0 Å². The zero-order valence-electron chi connectivity index (χ0n) is 16.6. The number of rotatable bonds is 7. The predicted octanol–water partition coefficient (Wildman–Crippen LogP) is 3.69. The highest BCUT2D eigenvalue weighted by molar-refractivity contribution is 6.31. The van der Waals surface area contributed by atoms with Crippen LogP contribution in [0.5, 0.6) is 0 Å². The Kier molecular flexibility index (Phi) is 5.88. The number of methoxy groups -OCH3 is 1. The van der Waals surface area contributed by atoms with Crippen molar-refractivity contribution in [1.29, 1.82) is 0 Å². The van der Waals surface area contributed by atoms with E-state index in [1.807, 2.05) is 36.5 Å². The molecule has 0 aliphatic rings. The second-order valence-electron chi connectivity index (χ2n) is 7.05. The van der Waals surface area contributed by atoms with Crippen LogP contribution in [0.1, 0.15) is 10.4 Å². The van der Waals surface area contributed by atoms with E-state index in [0.717, 1.165) is 10.9 Å². The first-order valence-corrected chi connectivity index (χ1v) is 10.1. The third kappa shape index (κ3) is 3.97. The van der Waals surface area contributed by atoms with Crippen molar-refractivity contribution in [3.63, 3.8) is 0 Å². The molecule has 154 valence electrons. The summed E-state index contributed by atoms with van der Waals surface area (Å²) in [5.74, 6) is -0.216. The largest absolute Gasteiger partial charge is 0.383 e. The molecule has 0 atom stereocenters. The minimum atomic E-state index is -0.216. The summed E-state index contributed by atoms with van der Waals surface area (Å²) in [6.07, 6.45) is 3.59. The molecule has 0 aliphatic heterocycles. The van der Waals surface area contributed by atoms with Crippen LogP contribution in [0.25, 0.3) is 21.7 Å². The lowest BCUT2D eigenvalue weighted by Gasteiger charge is -2.13. The van der Waals surface area contributed by atoms with Crippen LogP contribution < -0.4 is 10.9 Å². The van der Waals surface area contributed by atoms with Crippen LogP contribution in [-0.2, 0) is 17.8 Å². The maximum Gasteiger partial charge on any atom is 0.258 e. The number of carbonyl (C=O) groups excluding carboxylic acids is 1. The Morgan fingerprint density at radius 2 is 1.87 bits per heavy atom. The number of amides is 1. The molecule has 0 aliphatic carbocycles. The van der Waals surface area contributed by atoms with Crippen LogP contribution in [0.2, 0.25) is 5.02 Å². The van der Waals surface area contributed by atoms with Gasteiger partial charge in [-0.3, -0.25) is 9.59 Å². The second kappa shape index (κ2) is 8.73. The monoisotopic (exact) mass is 423 g/mol. The Hall–Kier alpha value is -3.09. The zero-order valence-corrected chi connectivity index (χ0v) is 17.4. The van der Waals surface area contributed by atoms with Crippen LogP contribution >= 0.6 is 11.6 Å². The van der Waals surface area contributed by atoms with Gasteiger partial charge >= 0.3 is 0 Å². The molecule has 0 unspecified atom stereocenters. The molecule has 2 heterocycles. The third-order valence-corrected chi connectivity index (χ3v) is 5.38. The van der Waals surface area contributed by atoms with Gasteiger partial charge in [0, 0.05) is 60.4 Å². The minimum Gasteiger partial charge on any atom is -0.383 e. The van der Waals surface area contributed by atoms with E-state index in [1.54, 1.807) is 31.5 Å². The van der Waals surface area contributed by atoms with Gasteiger partial charge in [-0.05, 0) is 29.7 Å². The van der Waals surface area contributed by atoms with Crippen molar-refractivity contribution in [1.82, 2.24) is 14.5 Å². The lowest BCUT2D eigenvalue weighted by atomic mass is 10.1. The fourth-order valence-electron chi connectivity index (χ4n) is 3.62. The summed E-state index contributed by atoms with van der Waals surface area (Å²) < 4.78 is 8.68. The molecule has 7 heteroatoms. The molecule has 4 rings (SSSR count). The maximum absolute atomic E-state index is 13.0. The Balaban J connectivity index is 1.56. The summed E-state index contributed by atoms with van der Waals surface area (Å²) in [5, 5.41) is 5.91. The third-order valence-electron chi connectivity index (χ3n) is 5.15. The first-order chi connectivity index (χ1) is 14.6. The van der Waals surface area contributed by atoms with Gasteiger partial charge < -0.3 is 19.2 Å². The van der Waals surface area contributed by atoms with Crippen LogP contribution in [-0.4, -0.2) is 35.3 Å². The van der Waals surface area contributed by atoms with Crippen molar-refractivity contribution in [2.45, 2.75) is 13.1 Å². The van der Waals surface area contributed by atoms with Gasteiger partial charge in [-0.25, -0.2) is 0 Å². The van der Waals surface area contributed by atoms with Crippen molar-refractivity contribution in [2.75, 3.05) is 20.3 Å². The lowest BCUT2D eigenvalue weighted by molar-refractivity contribution is 0.0953. The number of hydrogen-bond acceptors (Lipinski definition) is 3. The standard InChI is InChI=1S/C23H22ClN3O3/c1-30-13-12-27-15-20(18-4-2-3-5-19(18)23(27)29)22(28)25-9-11-26-10-8-16-6-7-17(24)14-21(16)26/h2-8,10,14-15H,9,11-13H2,1H3,(H,25,28). The molecular formula is C23H22ClN3O3. The van der Waals surface area contributed by atoms with E-state index in [4.69, 9.17) is 16.3 Å². The number of ether oxygens (including phenoxy) is 1. The van der Waals surface area contributed by atoms with Gasteiger partial charge in [0.05, 0.1) is 12.2 Å². The fourth-order valence-corrected chi connectivity index (χ4v) is 3.78. The van der Waals surface area contributed by atoms with E-state index in [2.05, 4.69) is 9.88 Å². The van der Waals surface area contributed by atoms with Crippen LogP contribution in [0.15, 0.2) is 65.7 Å². The Morgan fingerprint density at radius 1 is 1.07 bits per heavy atom. The smallest absolute Gasteiger partial charge is 0.258 e. The number of aromatic nitrogens is 2. The number of fused-ring (bicyclic) bond motifs is 2. The van der Waals surface area contributed by atoms with Crippen LogP contribution in [0, 0.1) is 0 Å². The molecule has 2 aromatic heterocycles. The second-order valence-corrected chi connectivity index (χ2v) is 7.48. The molecule has 2 aromatic carbocycles. The first-order valence-electron chi connectivity index (χ1n) is 9.72. The van der Waals surface area contributed by atoms with E-state index < -0.39 is 0 Å². The first kappa shape index (κ1) is 20.2. The molecule has 0 bridgehead atoms. The van der Waals surface area contributed by atoms with Crippen molar-refractivity contribution in [3.05, 3.63) is 81.9 Å². The molecule has 0 spiro atoms. The number of nitrogens with zero attached hydrogens (tertiary/aromatic N) is 2. The van der Waals surface area contributed by atoms with Gasteiger partial charge in [-0.1, -0.05) is 35.9 Å². The Bertz CT molecular complexity index is 1280. The quantitative estimate of drug-likeness (QED) is 0.493. The van der Waals surface area contributed by atoms with E-state index >= 15 is 0 Å². The predicted molar refractivity (Wildman–Crippen MR) is 119 cm³/mol. The average molecular weight is 424 g/mol. The molecule has 0 fully saturated rings. The highest BCUT2D eigenvalue weighted by Crippen LogP contribution is 2.20. The number of carbonyl (C=O) groups is 1. The highest BCUT2D eigenvalue weighted by Gasteiger charge is 2.14. The number of halogens is 1. The SMILES string of the molecule is COCCn1cc(C(=O)NCCn2ccc3ccc(Cl)cc32)c2ccccc2c1=O. The zero-order chi connectivity index (χ0) is 21.1. The Labute approximate surface area is 178 Å². The van der Waals surface area contributed by atoms with Gasteiger partial charge in [-0.15, -0.1) is 0 Å². The van der Waals surface area contributed by atoms with Gasteiger partial charge in [0.2, 0.25) is 0 Å². The molecule has 0 saturated heterocycles. The van der Waals surface area contributed by atoms with Gasteiger partial charge in [0.15, 0.2) is 0 Å². The van der Waals surface area contributed by atoms with Crippen molar-refractivity contribution >= 4 is 39.2 Å². The number of benzene rings is 2.